The van der Waals surface area contributed by atoms with Crippen LogP contribution in [0.2, 0.25) is 0 Å². The van der Waals surface area contributed by atoms with E-state index in [2.05, 4.69) is 27.7 Å². The zero-order chi connectivity index (χ0) is 31.6. The summed E-state index contributed by atoms with van der Waals surface area (Å²) < 4.78 is 38.6. The minimum atomic E-state index is -1.00. The van der Waals surface area contributed by atoms with E-state index in [1.54, 1.807) is 48.5 Å². The maximum absolute atomic E-state index is 13.6. The van der Waals surface area contributed by atoms with Gasteiger partial charge in [-0.05, 0) is 49.9 Å². The standard InChI is InChI=1S/C36H52O8/c1-5-9-23-39-29-30(40-24-10-6-2)32(42-26-12-8-4)34(44-36(38)28-21-17-14-18-22-28)33(31(29)41-25-11-7-3)43-35(37)27-19-15-13-16-20-27/h13-22,29-34H,5-12,23-26H2,1-4H3/t29-,30-,31+,32+,33-,34-/m0/s1. The van der Waals surface area contributed by atoms with E-state index in [-0.39, 0.29) is 0 Å². The van der Waals surface area contributed by atoms with Crippen molar-refractivity contribution in [2.75, 3.05) is 26.4 Å². The van der Waals surface area contributed by atoms with Crippen LogP contribution >= 0.6 is 0 Å². The van der Waals surface area contributed by atoms with E-state index >= 15 is 0 Å². The molecule has 0 radical (unpaired) electrons. The topological polar surface area (TPSA) is 89.5 Å². The highest BCUT2D eigenvalue weighted by Gasteiger charge is 2.57. The average Bonchev–Trinajstić information content (AvgIpc) is 3.05. The Labute approximate surface area is 263 Å². The van der Waals surface area contributed by atoms with Crippen molar-refractivity contribution in [3.8, 4) is 0 Å². The molecule has 2 aromatic rings. The second kappa shape index (κ2) is 20.3. The lowest BCUT2D eigenvalue weighted by atomic mass is 9.83. The quantitative estimate of drug-likeness (QED) is 0.115. The average molecular weight is 613 g/mol. The molecule has 1 aliphatic rings. The normalized spacial score (nSPS) is 23.3. The number of carbonyl (C=O) groups is 2. The first kappa shape index (κ1) is 35.7. The minimum absolute atomic E-state index is 0.390. The van der Waals surface area contributed by atoms with E-state index < -0.39 is 48.6 Å². The predicted octanol–water partition coefficient (Wildman–Crippen LogP) is 7.19. The fourth-order valence-corrected chi connectivity index (χ4v) is 5.14. The van der Waals surface area contributed by atoms with Gasteiger partial charge in [-0.25, -0.2) is 9.59 Å². The Balaban J connectivity index is 2.11. The molecule has 1 fully saturated rings. The van der Waals surface area contributed by atoms with Gasteiger partial charge in [-0.1, -0.05) is 89.8 Å². The number of esters is 2. The van der Waals surface area contributed by atoms with Gasteiger partial charge in [-0.15, -0.1) is 0 Å². The summed E-state index contributed by atoms with van der Waals surface area (Å²) in [5, 5.41) is 0. The minimum Gasteiger partial charge on any atom is -0.452 e. The lowest BCUT2D eigenvalue weighted by Crippen LogP contribution is -2.68. The van der Waals surface area contributed by atoms with Gasteiger partial charge in [0.1, 0.15) is 24.4 Å². The lowest BCUT2D eigenvalue weighted by molar-refractivity contribution is -0.265. The van der Waals surface area contributed by atoms with Gasteiger partial charge in [0.05, 0.1) is 11.1 Å². The van der Waals surface area contributed by atoms with Gasteiger partial charge < -0.3 is 28.4 Å². The second-order valence-corrected chi connectivity index (χ2v) is 11.2. The first-order valence-electron chi connectivity index (χ1n) is 16.5. The Morgan fingerprint density at radius 2 is 0.727 bits per heavy atom. The molecule has 44 heavy (non-hydrogen) atoms. The van der Waals surface area contributed by atoms with Crippen molar-refractivity contribution < 1.29 is 38.0 Å². The third-order valence-corrected chi connectivity index (χ3v) is 7.68. The van der Waals surface area contributed by atoms with Crippen molar-refractivity contribution in [3.63, 3.8) is 0 Å². The molecular formula is C36H52O8. The number of carbonyl (C=O) groups excluding carboxylic acids is 2. The molecule has 0 aliphatic heterocycles. The smallest absolute Gasteiger partial charge is 0.338 e. The summed E-state index contributed by atoms with van der Waals surface area (Å²) in [5.41, 5.74) is 0.780. The highest BCUT2D eigenvalue weighted by molar-refractivity contribution is 5.90. The summed E-state index contributed by atoms with van der Waals surface area (Å²) in [6, 6.07) is 17.6. The zero-order valence-electron chi connectivity index (χ0n) is 27.0. The number of hydrogen-bond donors (Lipinski definition) is 0. The number of ether oxygens (including phenoxy) is 6. The number of rotatable bonds is 20. The first-order valence-corrected chi connectivity index (χ1v) is 16.5. The number of benzene rings is 2. The van der Waals surface area contributed by atoms with Crippen LogP contribution in [0.5, 0.6) is 0 Å². The van der Waals surface area contributed by atoms with E-state index in [0.717, 1.165) is 51.4 Å². The summed E-state index contributed by atoms with van der Waals surface area (Å²) in [7, 11) is 0. The Bertz CT molecular complexity index is 977. The number of hydrogen-bond acceptors (Lipinski definition) is 8. The summed E-state index contributed by atoms with van der Waals surface area (Å²) in [6.07, 6.45) is 2.34. The molecule has 0 amide bonds. The highest BCUT2D eigenvalue weighted by Crippen LogP contribution is 2.35. The molecule has 2 aromatic carbocycles. The molecule has 1 aliphatic carbocycles. The van der Waals surface area contributed by atoms with Gasteiger partial charge in [0, 0.05) is 26.4 Å². The molecule has 8 heteroatoms. The van der Waals surface area contributed by atoms with Crippen molar-refractivity contribution in [3.05, 3.63) is 71.8 Å². The Morgan fingerprint density at radius 3 is 1.00 bits per heavy atom. The van der Waals surface area contributed by atoms with Crippen molar-refractivity contribution in [2.45, 2.75) is 116 Å². The third kappa shape index (κ3) is 10.7. The van der Waals surface area contributed by atoms with Crippen LogP contribution in [0.15, 0.2) is 60.7 Å². The molecule has 0 N–H and O–H groups in total. The molecular weight excluding hydrogens is 560 g/mol. The van der Waals surface area contributed by atoms with Gasteiger partial charge >= 0.3 is 11.9 Å². The van der Waals surface area contributed by atoms with Crippen LogP contribution in [0.4, 0.5) is 0 Å². The molecule has 0 spiro atoms. The molecule has 244 valence electrons. The molecule has 0 saturated heterocycles. The Kier molecular flexibility index (Phi) is 16.5. The van der Waals surface area contributed by atoms with E-state index in [1.807, 2.05) is 12.1 Å². The van der Waals surface area contributed by atoms with Crippen LogP contribution in [-0.4, -0.2) is 75.0 Å². The van der Waals surface area contributed by atoms with Gasteiger partial charge in [0.2, 0.25) is 0 Å². The third-order valence-electron chi connectivity index (χ3n) is 7.68. The molecule has 0 bridgehead atoms. The van der Waals surface area contributed by atoms with Crippen LogP contribution in [-0.2, 0) is 28.4 Å². The van der Waals surface area contributed by atoms with Crippen LogP contribution in [0.3, 0.4) is 0 Å². The molecule has 0 unspecified atom stereocenters. The molecule has 1 saturated carbocycles. The van der Waals surface area contributed by atoms with Gasteiger partial charge in [0.15, 0.2) is 12.2 Å². The van der Waals surface area contributed by atoms with Crippen LogP contribution in [0.25, 0.3) is 0 Å². The van der Waals surface area contributed by atoms with Crippen LogP contribution < -0.4 is 0 Å². The van der Waals surface area contributed by atoms with Crippen molar-refractivity contribution >= 4 is 11.9 Å². The van der Waals surface area contributed by atoms with Crippen molar-refractivity contribution in [1.82, 2.24) is 0 Å². The maximum atomic E-state index is 13.6. The predicted molar refractivity (Wildman–Crippen MR) is 170 cm³/mol. The zero-order valence-corrected chi connectivity index (χ0v) is 27.0. The van der Waals surface area contributed by atoms with Crippen LogP contribution in [0, 0.1) is 0 Å². The Hall–Kier alpha value is -2.78. The van der Waals surface area contributed by atoms with Gasteiger partial charge in [-0.2, -0.15) is 0 Å². The van der Waals surface area contributed by atoms with Crippen molar-refractivity contribution in [2.24, 2.45) is 0 Å². The molecule has 0 aromatic heterocycles. The monoisotopic (exact) mass is 612 g/mol. The fourth-order valence-electron chi connectivity index (χ4n) is 5.14. The molecule has 6 atom stereocenters. The Morgan fingerprint density at radius 1 is 0.455 bits per heavy atom. The lowest BCUT2D eigenvalue weighted by Gasteiger charge is -2.49. The largest absolute Gasteiger partial charge is 0.452 e. The first-order chi connectivity index (χ1) is 21.5. The van der Waals surface area contributed by atoms with Crippen LogP contribution in [0.1, 0.15) is 99.8 Å². The molecule has 3 rings (SSSR count). The van der Waals surface area contributed by atoms with E-state index in [1.165, 1.54) is 0 Å². The van der Waals surface area contributed by atoms with E-state index in [4.69, 9.17) is 28.4 Å². The summed E-state index contributed by atoms with van der Waals surface area (Å²) in [6.45, 7) is 10.2. The van der Waals surface area contributed by atoms with E-state index in [9.17, 15) is 9.59 Å². The summed E-state index contributed by atoms with van der Waals surface area (Å²) >= 11 is 0. The highest BCUT2D eigenvalue weighted by atomic mass is 16.6. The SMILES string of the molecule is CCCCO[C@H]1[C@H](OCCCC)[C@@H](OCCCC)[C@H](OC(=O)c2ccccc2)[C@@H](OC(=O)c2ccccc2)[C@@H]1OCCCC. The van der Waals surface area contributed by atoms with Gasteiger partial charge in [0.25, 0.3) is 0 Å². The van der Waals surface area contributed by atoms with E-state index in [0.29, 0.717) is 37.6 Å². The molecule has 0 heterocycles. The van der Waals surface area contributed by atoms with Crippen molar-refractivity contribution in [1.29, 1.82) is 0 Å². The summed E-state index contributed by atoms with van der Waals surface area (Å²) in [5.74, 6) is -1.07. The molecule has 8 nitrogen and oxygen atoms in total. The summed E-state index contributed by atoms with van der Waals surface area (Å²) in [4.78, 5) is 27.2. The second-order valence-electron chi connectivity index (χ2n) is 11.2. The maximum Gasteiger partial charge on any atom is 0.338 e. The van der Waals surface area contributed by atoms with Gasteiger partial charge in [-0.3, -0.25) is 0 Å². The number of unbranched alkanes of at least 4 members (excludes halogenated alkanes) is 4. The fraction of sp³-hybridized carbons (Fsp3) is 0.611.